The minimum Gasteiger partial charge on any atom is -0.495 e. The first-order chi connectivity index (χ1) is 11.8. The van der Waals surface area contributed by atoms with Crippen LogP contribution in [0.1, 0.15) is 30.6 Å². The van der Waals surface area contributed by atoms with Crippen molar-refractivity contribution in [3.05, 3.63) is 23.8 Å². The largest absolute Gasteiger partial charge is 0.495 e. The number of ether oxygens (including phenoxy) is 1. The van der Waals surface area contributed by atoms with Gasteiger partial charge in [0.05, 0.1) is 12.8 Å². The Bertz CT molecular complexity index is 674. The average molecular weight is 349 g/mol. The summed E-state index contributed by atoms with van der Waals surface area (Å²) < 4.78 is 5.27. The molecule has 1 fully saturated rings. The van der Waals surface area contributed by atoms with Crippen molar-refractivity contribution in [3.63, 3.8) is 0 Å². The van der Waals surface area contributed by atoms with Gasteiger partial charge in [0.15, 0.2) is 0 Å². The van der Waals surface area contributed by atoms with Crippen LogP contribution in [0.5, 0.6) is 5.75 Å². The van der Waals surface area contributed by atoms with E-state index in [2.05, 4.69) is 10.6 Å². The van der Waals surface area contributed by atoms with Crippen LogP contribution in [0.4, 0.5) is 10.5 Å². The van der Waals surface area contributed by atoms with E-state index in [0.29, 0.717) is 30.9 Å². The second kappa shape index (κ2) is 7.87. The van der Waals surface area contributed by atoms with Crippen molar-refractivity contribution in [2.24, 2.45) is 5.92 Å². The number of carbonyl (C=O) groups excluding carboxylic acids is 2. The molecule has 0 radical (unpaired) electrons. The number of urea groups is 1. The number of carboxylic acids is 1. The number of nitrogens with one attached hydrogen (secondary N) is 2. The summed E-state index contributed by atoms with van der Waals surface area (Å²) in [6.07, 6.45) is 0.332. The molecule has 1 aliphatic heterocycles. The molecule has 1 saturated heterocycles. The summed E-state index contributed by atoms with van der Waals surface area (Å²) >= 11 is 0. The summed E-state index contributed by atoms with van der Waals surface area (Å²) in [7, 11) is 1.48. The van der Waals surface area contributed by atoms with Gasteiger partial charge in [0.25, 0.3) is 5.91 Å². The number of nitrogens with zero attached hydrogens (tertiary/aromatic N) is 1. The van der Waals surface area contributed by atoms with Crippen LogP contribution in [0.3, 0.4) is 0 Å². The van der Waals surface area contributed by atoms with Crippen molar-refractivity contribution >= 4 is 23.6 Å². The number of rotatable bonds is 7. The predicted octanol–water partition coefficient (Wildman–Crippen LogP) is 1.45. The number of carboxylic acid groups (broad SMARTS) is 1. The Balaban J connectivity index is 2.25. The lowest BCUT2D eigenvalue weighted by atomic mass is 10.0. The van der Waals surface area contributed by atoms with Crippen molar-refractivity contribution in [1.29, 1.82) is 0 Å². The molecular formula is C17H23N3O5. The molecule has 1 aliphatic rings. The number of benzene rings is 1. The fourth-order valence-electron chi connectivity index (χ4n) is 2.68. The molecule has 25 heavy (non-hydrogen) atoms. The molecule has 1 atom stereocenters. The summed E-state index contributed by atoms with van der Waals surface area (Å²) in [6.45, 7) is 4.75. The molecule has 8 nitrogen and oxygen atoms in total. The van der Waals surface area contributed by atoms with E-state index < -0.39 is 17.9 Å². The van der Waals surface area contributed by atoms with E-state index in [1.54, 1.807) is 12.1 Å². The fraction of sp³-hybridized carbons (Fsp3) is 0.471. The van der Waals surface area contributed by atoms with Crippen molar-refractivity contribution in [2.75, 3.05) is 25.1 Å². The van der Waals surface area contributed by atoms with Crippen LogP contribution >= 0.6 is 0 Å². The molecule has 1 aromatic rings. The van der Waals surface area contributed by atoms with Crippen molar-refractivity contribution in [1.82, 2.24) is 10.6 Å². The van der Waals surface area contributed by atoms with Gasteiger partial charge in [-0.3, -0.25) is 9.69 Å². The van der Waals surface area contributed by atoms with Gasteiger partial charge in [0.1, 0.15) is 11.8 Å². The Hall–Kier alpha value is -2.77. The molecule has 1 heterocycles. The van der Waals surface area contributed by atoms with Gasteiger partial charge >= 0.3 is 12.0 Å². The molecule has 136 valence electrons. The maximum atomic E-state index is 12.5. The van der Waals surface area contributed by atoms with Crippen LogP contribution in [0.25, 0.3) is 0 Å². The van der Waals surface area contributed by atoms with E-state index in [9.17, 15) is 19.5 Å². The van der Waals surface area contributed by atoms with Gasteiger partial charge in [-0.2, -0.15) is 0 Å². The summed E-state index contributed by atoms with van der Waals surface area (Å²) in [5.41, 5.74) is 0.742. The number of methoxy groups -OCH3 is 1. The lowest BCUT2D eigenvalue weighted by Gasteiger charge is -2.20. The Labute approximate surface area is 146 Å². The Kier molecular flexibility index (Phi) is 5.84. The fourth-order valence-corrected chi connectivity index (χ4v) is 2.68. The Morgan fingerprint density at radius 2 is 2.12 bits per heavy atom. The number of aliphatic carboxylic acids is 1. The lowest BCUT2D eigenvalue weighted by Crippen LogP contribution is -2.41. The van der Waals surface area contributed by atoms with Gasteiger partial charge < -0.3 is 20.5 Å². The van der Waals surface area contributed by atoms with Gasteiger partial charge in [0.2, 0.25) is 0 Å². The third kappa shape index (κ3) is 4.40. The molecule has 1 aromatic carbocycles. The minimum absolute atomic E-state index is 0.126. The van der Waals surface area contributed by atoms with Gasteiger partial charge in [-0.15, -0.1) is 0 Å². The zero-order valence-electron chi connectivity index (χ0n) is 14.5. The second-order valence-corrected chi connectivity index (χ2v) is 6.26. The first-order valence-electron chi connectivity index (χ1n) is 8.10. The topological polar surface area (TPSA) is 108 Å². The van der Waals surface area contributed by atoms with Gasteiger partial charge in [-0.05, 0) is 30.5 Å². The van der Waals surface area contributed by atoms with Crippen LogP contribution in [-0.4, -0.2) is 49.3 Å². The lowest BCUT2D eigenvalue weighted by molar-refractivity contribution is -0.139. The molecule has 3 amide bonds. The molecule has 8 heteroatoms. The van der Waals surface area contributed by atoms with E-state index >= 15 is 0 Å². The Morgan fingerprint density at radius 1 is 1.40 bits per heavy atom. The average Bonchev–Trinajstić information content (AvgIpc) is 2.98. The maximum absolute atomic E-state index is 12.5. The maximum Gasteiger partial charge on any atom is 0.326 e. The van der Waals surface area contributed by atoms with E-state index in [-0.39, 0.29) is 17.5 Å². The molecule has 0 unspecified atom stereocenters. The second-order valence-electron chi connectivity index (χ2n) is 6.26. The van der Waals surface area contributed by atoms with Crippen LogP contribution in [0.2, 0.25) is 0 Å². The van der Waals surface area contributed by atoms with Crippen molar-refractivity contribution < 1.29 is 24.2 Å². The summed E-state index contributed by atoms with van der Waals surface area (Å²) in [5, 5.41) is 14.5. The smallest absolute Gasteiger partial charge is 0.326 e. The highest BCUT2D eigenvalue weighted by molar-refractivity contribution is 6.00. The third-order valence-electron chi connectivity index (χ3n) is 3.90. The minimum atomic E-state index is -1.07. The monoisotopic (exact) mass is 349 g/mol. The molecule has 0 aliphatic carbocycles. The Morgan fingerprint density at radius 3 is 2.64 bits per heavy atom. The molecule has 0 aromatic heterocycles. The van der Waals surface area contributed by atoms with Crippen molar-refractivity contribution in [2.45, 2.75) is 26.3 Å². The SMILES string of the molecule is COc1ccc(C(=O)N[C@H](CC(C)C)C(=O)O)cc1N1CCNC1=O. The summed E-state index contributed by atoms with van der Waals surface area (Å²) in [4.78, 5) is 37.2. The summed E-state index contributed by atoms with van der Waals surface area (Å²) in [5.74, 6) is -0.988. The van der Waals surface area contributed by atoms with Gasteiger partial charge in [-0.25, -0.2) is 9.59 Å². The third-order valence-corrected chi connectivity index (χ3v) is 3.90. The molecule has 0 bridgehead atoms. The van der Waals surface area contributed by atoms with E-state index in [0.717, 1.165) is 0 Å². The number of anilines is 1. The first kappa shape index (κ1) is 18.6. The van der Waals surface area contributed by atoms with Gasteiger partial charge in [0, 0.05) is 18.7 Å². The highest BCUT2D eigenvalue weighted by Crippen LogP contribution is 2.30. The van der Waals surface area contributed by atoms with Gasteiger partial charge in [-0.1, -0.05) is 13.8 Å². The number of carbonyl (C=O) groups is 3. The number of hydrogen-bond donors (Lipinski definition) is 3. The molecule has 2 rings (SSSR count). The number of amides is 3. The highest BCUT2D eigenvalue weighted by atomic mass is 16.5. The molecular weight excluding hydrogens is 326 g/mol. The molecule has 0 saturated carbocycles. The van der Waals surface area contributed by atoms with E-state index in [4.69, 9.17) is 4.74 Å². The first-order valence-corrected chi connectivity index (χ1v) is 8.10. The standard InChI is InChI=1S/C17H23N3O5/c1-10(2)8-12(16(22)23)19-15(21)11-4-5-14(25-3)13(9-11)20-7-6-18-17(20)24/h4-5,9-10,12H,6-8H2,1-3H3,(H,18,24)(H,19,21)(H,22,23)/t12-/m1/s1. The zero-order valence-corrected chi connectivity index (χ0v) is 14.5. The van der Waals surface area contributed by atoms with Crippen LogP contribution in [0.15, 0.2) is 18.2 Å². The highest BCUT2D eigenvalue weighted by Gasteiger charge is 2.26. The van der Waals surface area contributed by atoms with Crippen molar-refractivity contribution in [3.8, 4) is 5.75 Å². The zero-order chi connectivity index (χ0) is 18.6. The number of hydrogen-bond acceptors (Lipinski definition) is 4. The quantitative estimate of drug-likeness (QED) is 0.690. The van der Waals surface area contributed by atoms with E-state index in [1.807, 2.05) is 13.8 Å². The normalized spacial score (nSPS) is 15.0. The van der Waals surface area contributed by atoms with E-state index in [1.165, 1.54) is 18.1 Å². The van der Waals surface area contributed by atoms with Crippen LogP contribution < -0.4 is 20.3 Å². The summed E-state index contributed by atoms with van der Waals surface area (Å²) in [6, 6.07) is 3.44. The molecule has 0 spiro atoms. The van der Waals surface area contributed by atoms with Crippen LogP contribution in [0, 0.1) is 5.92 Å². The molecule has 3 N–H and O–H groups in total. The van der Waals surface area contributed by atoms with Crippen LogP contribution in [-0.2, 0) is 4.79 Å². The predicted molar refractivity (Wildman–Crippen MR) is 92.1 cm³/mol.